The molecule has 3 N–H and O–H groups in total. The molecule has 10 nitrogen and oxygen atoms in total. The van der Waals surface area contributed by atoms with Crippen molar-refractivity contribution in [1.82, 2.24) is 19.9 Å². The van der Waals surface area contributed by atoms with Gasteiger partial charge in [-0.05, 0) is 18.2 Å². The second kappa shape index (κ2) is 9.43. The molecule has 0 aliphatic rings. The number of ether oxygens (including phenoxy) is 1. The Hall–Kier alpha value is -3.84. The Balaban J connectivity index is 1.84. The molecular formula is C21H18ClF2N7O3S. The van der Waals surface area contributed by atoms with E-state index in [0.717, 1.165) is 18.2 Å². The zero-order chi connectivity index (χ0) is 25.3. The number of fused-ring (bicyclic) bond motifs is 1. The maximum atomic E-state index is 14.9. The highest BCUT2D eigenvalue weighted by molar-refractivity contribution is 7.92. The van der Waals surface area contributed by atoms with Gasteiger partial charge in [0.15, 0.2) is 22.2 Å². The molecule has 0 saturated carbocycles. The van der Waals surface area contributed by atoms with Crippen LogP contribution < -0.4 is 20.1 Å². The van der Waals surface area contributed by atoms with E-state index >= 15 is 0 Å². The summed E-state index contributed by atoms with van der Waals surface area (Å²) < 4.78 is 62.7. The van der Waals surface area contributed by atoms with Gasteiger partial charge in [-0.3, -0.25) is 4.72 Å². The molecule has 0 unspecified atom stereocenters. The first-order valence-electron chi connectivity index (χ1n) is 9.92. The molecule has 4 rings (SSSR count). The number of hydrogen-bond acceptors (Lipinski definition) is 9. The van der Waals surface area contributed by atoms with Crippen LogP contribution in [0.2, 0.25) is 5.02 Å². The SMILES string of the molecule is CNc1ncc2cc(-c3cc(NS(=O)(=O)c4cc(Cl)cnc4OC)cc(F)c3F)c(NC)nc2n1. The third-order valence-electron chi connectivity index (χ3n) is 4.87. The predicted octanol–water partition coefficient (Wildman–Crippen LogP) is 3.91. The first-order chi connectivity index (χ1) is 16.7. The van der Waals surface area contributed by atoms with Crippen molar-refractivity contribution in [1.29, 1.82) is 0 Å². The maximum Gasteiger partial charge on any atom is 0.267 e. The minimum atomic E-state index is -4.33. The lowest BCUT2D eigenvalue weighted by Crippen LogP contribution is -2.15. The molecule has 1 aromatic carbocycles. The molecule has 0 fully saturated rings. The summed E-state index contributed by atoms with van der Waals surface area (Å²) in [5.74, 6) is -2.17. The number of nitrogens with one attached hydrogen (secondary N) is 3. The fourth-order valence-corrected chi connectivity index (χ4v) is 4.70. The molecule has 0 saturated heterocycles. The van der Waals surface area contributed by atoms with Crippen molar-refractivity contribution in [2.45, 2.75) is 4.90 Å². The van der Waals surface area contributed by atoms with Gasteiger partial charge in [-0.25, -0.2) is 32.2 Å². The molecule has 0 atom stereocenters. The van der Waals surface area contributed by atoms with Crippen molar-refractivity contribution in [3.63, 3.8) is 0 Å². The summed E-state index contributed by atoms with van der Waals surface area (Å²) in [6, 6.07) is 4.51. The summed E-state index contributed by atoms with van der Waals surface area (Å²) in [6.45, 7) is 0. The van der Waals surface area contributed by atoms with Gasteiger partial charge in [0.1, 0.15) is 5.82 Å². The quantitative estimate of drug-likeness (QED) is 0.331. The highest BCUT2D eigenvalue weighted by atomic mass is 35.5. The standard InChI is InChI=1S/C21H18ClF2N7O3S/c1-25-19-14(4-10-8-28-21(26-2)30-18(10)29-19)13-6-12(7-15(23)17(13)24)31-35(32,33)16-5-11(22)9-27-20(16)34-3/h4-9,31H,1-3H3,(H2,25,26,28,29,30). The van der Waals surface area contributed by atoms with Gasteiger partial charge in [0.2, 0.25) is 11.8 Å². The number of sulfonamides is 1. The molecule has 14 heteroatoms. The molecule has 0 bridgehead atoms. The van der Waals surface area contributed by atoms with Crippen LogP contribution in [0.1, 0.15) is 0 Å². The first kappa shape index (κ1) is 24.3. The van der Waals surface area contributed by atoms with E-state index in [1.54, 1.807) is 14.1 Å². The Bertz CT molecular complexity index is 1550. The molecule has 0 spiro atoms. The predicted molar refractivity (Wildman–Crippen MR) is 128 cm³/mol. The summed E-state index contributed by atoms with van der Waals surface area (Å²) in [6.07, 6.45) is 2.69. The fraction of sp³-hybridized carbons (Fsp3) is 0.143. The maximum absolute atomic E-state index is 14.9. The Morgan fingerprint density at radius 2 is 1.74 bits per heavy atom. The second-order valence-electron chi connectivity index (χ2n) is 7.08. The monoisotopic (exact) mass is 521 g/mol. The van der Waals surface area contributed by atoms with Gasteiger partial charge in [-0.2, -0.15) is 4.98 Å². The number of hydrogen-bond donors (Lipinski definition) is 3. The first-order valence-corrected chi connectivity index (χ1v) is 11.8. The van der Waals surface area contributed by atoms with Crippen LogP contribution in [0.15, 0.2) is 41.6 Å². The summed E-state index contributed by atoms with van der Waals surface area (Å²) in [5, 5.41) is 6.12. The van der Waals surface area contributed by atoms with Crippen LogP contribution in [0.25, 0.3) is 22.2 Å². The Morgan fingerprint density at radius 3 is 2.43 bits per heavy atom. The lowest BCUT2D eigenvalue weighted by molar-refractivity contribution is 0.385. The number of anilines is 3. The van der Waals surface area contributed by atoms with Gasteiger partial charge < -0.3 is 15.4 Å². The average Bonchev–Trinajstić information content (AvgIpc) is 2.84. The van der Waals surface area contributed by atoms with E-state index in [9.17, 15) is 17.2 Å². The van der Waals surface area contributed by atoms with Crippen LogP contribution in [0.3, 0.4) is 0 Å². The molecule has 3 heterocycles. The van der Waals surface area contributed by atoms with Gasteiger partial charge in [0.05, 0.1) is 17.8 Å². The number of benzene rings is 1. The largest absolute Gasteiger partial charge is 0.480 e. The lowest BCUT2D eigenvalue weighted by atomic mass is 10.0. The molecule has 0 radical (unpaired) electrons. The van der Waals surface area contributed by atoms with Gasteiger partial charge in [-0.15, -0.1) is 0 Å². The number of nitrogens with zero attached hydrogens (tertiary/aromatic N) is 4. The topological polar surface area (TPSA) is 131 Å². The van der Waals surface area contributed by atoms with Crippen LogP contribution in [0, 0.1) is 11.6 Å². The van der Waals surface area contributed by atoms with E-state index in [2.05, 4.69) is 35.3 Å². The van der Waals surface area contributed by atoms with Crippen LogP contribution >= 0.6 is 11.6 Å². The Kier molecular flexibility index (Phi) is 6.54. The number of pyridine rings is 2. The van der Waals surface area contributed by atoms with Gasteiger partial charge in [-0.1, -0.05) is 11.6 Å². The summed E-state index contributed by atoms with van der Waals surface area (Å²) in [7, 11) is 0.102. The zero-order valence-electron chi connectivity index (χ0n) is 18.5. The third kappa shape index (κ3) is 4.72. The Labute approximate surface area is 203 Å². The number of methoxy groups -OCH3 is 1. The molecule has 0 aliphatic carbocycles. The third-order valence-corrected chi connectivity index (χ3v) is 6.45. The molecule has 0 amide bonds. The van der Waals surface area contributed by atoms with Crippen LogP contribution in [0.4, 0.5) is 26.2 Å². The second-order valence-corrected chi connectivity index (χ2v) is 9.16. The number of rotatable bonds is 7. The van der Waals surface area contributed by atoms with E-state index in [-0.39, 0.29) is 38.4 Å². The minimum Gasteiger partial charge on any atom is -0.480 e. The highest BCUT2D eigenvalue weighted by Gasteiger charge is 2.24. The summed E-state index contributed by atoms with van der Waals surface area (Å²) in [5.41, 5.74) is -0.00353. The van der Waals surface area contributed by atoms with Crippen molar-refractivity contribution in [2.75, 3.05) is 36.6 Å². The van der Waals surface area contributed by atoms with Crippen molar-refractivity contribution < 1.29 is 21.9 Å². The Morgan fingerprint density at radius 1 is 0.971 bits per heavy atom. The van der Waals surface area contributed by atoms with Crippen molar-refractivity contribution in [3.8, 4) is 17.0 Å². The summed E-state index contributed by atoms with van der Waals surface area (Å²) >= 11 is 5.89. The minimum absolute atomic E-state index is 0.0432. The zero-order valence-corrected chi connectivity index (χ0v) is 20.1. The number of aromatic nitrogens is 4. The van der Waals surface area contributed by atoms with Crippen molar-refractivity contribution in [3.05, 3.63) is 53.3 Å². The number of halogens is 3. The van der Waals surface area contributed by atoms with Crippen LogP contribution in [-0.4, -0.2) is 49.6 Å². The van der Waals surface area contributed by atoms with Gasteiger partial charge >= 0.3 is 0 Å². The summed E-state index contributed by atoms with van der Waals surface area (Å²) in [4.78, 5) is 16.2. The molecule has 3 aromatic heterocycles. The van der Waals surface area contributed by atoms with E-state index in [1.807, 2.05) is 0 Å². The van der Waals surface area contributed by atoms with E-state index in [0.29, 0.717) is 17.0 Å². The van der Waals surface area contributed by atoms with Crippen molar-refractivity contribution in [2.24, 2.45) is 0 Å². The molecule has 4 aromatic rings. The lowest BCUT2D eigenvalue weighted by Gasteiger charge is -2.15. The average molecular weight is 522 g/mol. The molecule has 35 heavy (non-hydrogen) atoms. The van der Waals surface area contributed by atoms with Crippen LogP contribution in [0.5, 0.6) is 5.88 Å². The van der Waals surface area contributed by atoms with E-state index in [1.165, 1.54) is 25.6 Å². The van der Waals surface area contributed by atoms with Crippen LogP contribution in [-0.2, 0) is 10.0 Å². The fourth-order valence-electron chi connectivity index (χ4n) is 3.29. The van der Waals surface area contributed by atoms with E-state index in [4.69, 9.17) is 16.3 Å². The highest BCUT2D eigenvalue weighted by Crippen LogP contribution is 2.35. The van der Waals surface area contributed by atoms with E-state index < -0.39 is 21.7 Å². The normalized spacial score (nSPS) is 11.4. The van der Waals surface area contributed by atoms with Gasteiger partial charge in [0, 0.05) is 49.1 Å². The molecular weight excluding hydrogens is 504 g/mol. The van der Waals surface area contributed by atoms with Gasteiger partial charge in [0.25, 0.3) is 10.0 Å². The molecule has 182 valence electrons. The molecule has 0 aliphatic heterocycles. The smallest absolute Gasteiger partial charge is 0.267 e. The van der Waals surface area contributed by atoms with Crippen molar-refractivity contribution >= 4 is 50.1 Å².